The van der Waals surface area contributed by atoms with Crippen molar-refractivity contribution in [2.45, 2.75) is 4.90 Å². The molecule has 0 radical (unpaired) electrons. The van der Waals surface area contributed by atoms with Gasteiger partial charge in [0.05, 0.1) is 25.2 Å². The lowest BCUT2D eigenvalue weighted by Crippen LogP contribution is -2.36. The van der Waals surface area contributed by atoms with E-state index in [9.17, 15) is 18.0 Å². The van der Waals surface area contributed by atoms with E-state index in [1.54, 1.807) is 38.4 Å². The van der Waals surface area contributed by atoms with Crippen LogP contribution in [0.4, 0.5) is 11.4 Å². The quantitative estimate of drug-likeness (QED) is 0.583. The Morgan fingerprint density at radius 2 is 1.45 bits per heavy atom. The van der Waals surface area contributed by atoms with Crippen LogP contribution < -0.4 is 15.4 Å². The van der Waals surface area contributed by atoms with Crippen LogP contribution in [0.1, 0.15) is 0 Å². The maximum Gasteiger partial charge on any atom is 0.244 e. The number of likely N-dealkylation sites (N-methyl/N-ethyl adjacent to an activating group) is 1. The van der Waals surface area contributed by atoms with Crippen LogP contribution in [0, 0.1) is 0 Å². The topological polar surface area (TPSA) is 108 Å². The molecule has 2 rings (SSSR count). The number of carbonyl (C=O) groups excluding carboxylic acids is 2. The summed E-state index contributed by atoms with van der Waals surface area (Å²) in [5, 5.41) is 5.41. The van der Waals surface area contributed by atoms with Gasteiger partial charge < -0.3 is 15.4 Å². The highest BCUT2D eigenvalue weighted by Crippen LogP contribution is 2.26. The lowest BCUT2D eigenvalue weighted by atomic mass is 10.3. The van der Waals surface area contributed by atoms with Crippen LogP contribution in [-0.2, 0) is 19.6 Å². The first-order valence-electron chi connectivity index (χ1n) is 9.17. The molecule has 2 aromatic carbocycles. The second-order valence-electron chi connectivity index (χ2n) is 6.93. The molecule has 2 aromatic rings. The van der Waals surface area contributed by atoms with Crippen molar-refractivity contribution in [1.82, 2.24) is 9.21 Å². The lowest BCUT2D eigenvalue weighted by molar-refractivity contribution is -0.119. The fourth-order valence-corrected chi connectivity index (χ4v) is 3.99. The minimum absolute atomic E-state index is 0.0136. The molecule has 0 heterocycles. The summed E-state index contributed by atoms with van der Waals surface area (Å²) in [6.07, 6.45) is 0. The zero-order valence-corrected chi connectivity index (χ0v) is 19.2. The van der Waals surface area contributed by atoms with E-state index in [-0.39, 0.29) is 34.6 Å². The molecule has 0 spiro atoms. The molecule has 0 aliphatic heterocycles. The van der Waals surface area contributed by atoms with Crippen LogP contribution in [0.3, 0.4) is 0 Å². The number of carbonyl (C=O) groups is 2. The molecule has 0 aromatic heterocycles. The summed E-state index contributed by atoms with van der Waals surface area (Å²) < 4.78 is 30.8. The first kappa shape index (κ1) is 24.6. The van der Waals surface area contributed by atoms with E-state index in [1.165, 1.54) is 37.2 Å². The predicted molar refractivity (Wildman–Crippen MR) is 120 cm³/mol. The summed E-state index contributed by atoms with van der Waals surface area (Å²) in [7, 11) is 2.20. The first-order chi connectivity index (χ1) is 14.5. The monoisotopic (exact) mass is 468 g/mol. The Morgan fingerprint density at radius 1 is 0.935 bits per heavy atom. The van der Waals surface area contributed by atoms with Gasteiger partial charge in [-0.05, 0) is 49.5 Å². The van der Waals surface area contributed by atoms with Crippen LogP contribution >= 0.6 is 11.6 Å². The summed E-state index contributed by atoms with van der Waals surface area (Å²) in [5.41, 5.74) is 0.894. The minimum Gasteiger partial charge on any atom is -0.497 e. The van der Waals surface area contributed by atoms with Crippen molar-refractivity contribution in [2.75, 3.05) is 52.0 Å². The molecule has 0 atom stereocenters. The number of anilines is 2. The fraction of sp³-hybridized carbons (Fsp3) is 0.300. The highest BCUT2D eigenvalue weighted by Gasteiger charge is 2.21. The average Bonchev–Trinajstić information content (AvgIpc) is 2.69. The van der Waals surface area contributed by atoms with E-state index in [0.717, 1.165) is 4.31 Å². The fourth-order valence-electron chi connectivity index (χ4n) is 2.60. The number of sulfonamides is 1. The maximum absolute atomic E-state index is 12.3. The molecule has 2 N–H and O–H groups in total. The Labute approximate surface area is 187 Å². The summed E-state index contributed by atoms with van der Waals surface area (Å²) in [6.45, 7) is -0.0885. The number of rotatable bonds is 9. The lowest BCUT2D eigenvalue weighted by Gasteiger charge is -2.17. The van der Waals surface area contributed by atoms with Crippen LogP contribution in [0.25, 0.3) is 0 Å². The molecule has 0 fully saturated rings. The normalized spacial score (nSPS) is 11.5. The van der Waals surface area contributed by atoms with Crippen LogP contribution in [0.2, 0.25) is 5.02 Å². The predicted octanol–water partition coefficient (Wildman–Crippen LogP) is 2.11. The third kappa shape index (κ3) is 6.93. The number of ether oxygens (including phenoxy) is 1. The zero-order chi connectivity index (χ0) is 23.2. The molecule has 0 bridgehead atoms. The third-order valence-corrected chi connectivity index (χ3v) is 6.47. The number of methoxy groups -OCH3 is 1. The summed E-state index contributed by atoms with van der Waals surface area (Å²) in [5.74, 6) is -0.0166. The van der Waals surface area contributed by atoms with Crippen molar-refractivity contribution in [1.29, 1.82) is 0 Å². The van der Waals surface area contributed by atoms with Gasteiger partial charge in [0.1, 0.15) is 10.6 Å². The van der Waals surface area contributed by atoms with E-state index < -0.39 is 15.9 Å². The molecule has 168 valence electrons. The molecule has 31 heavy (non-hydrogen) atoms. The van der Waals surface area contributed by atoms with Crippen LogP contribution in [0.5, 0.6) is 5.75 Å². The number of benzene rings is 2. The molecule has 0 saturated heterocycles. The molecular weight excluding hydrogens is 444 g/mol. The van der Waals surface area contributed by atoms with E-state index >= 15 is 0 Å². The van der Waals surface area contributed by atoms with Gasteiger partial charge in [-0.2, -0.15) is 0 Å². The maximum atomic E-state index is 12.3. The molecule has 2 amide bonds. The van der Waals surface area contributed by atoms with Gasteiger partial charge >= 0.3 is 0 Å². The Balaban J connectivity index is 1.93. The van der Waals surface area contributed by atoms with Crippen LogP contribution in [-0.4, -0.2) is 70.8 Å². The second kappa shape index (κ2) is 10.6. The van der Waals surface area contributed by atoms with E-state index in [0.29, 0.717) is 11.4 Å². The standard InChI is InChI=1S/C20H25ClN4O5S/c1-24(2)31(28,29)18-11-15(7-10-17(18)21)23-20(27)13-25(3)12-19(26)22-14-5-8-16(30-4)9-6-14/h5-11H,12-13H2,1-4H3,(H,22,26)(H,23,27). The zero-order valence-electron chi connectivity index (χ0n) is 17.7. The molecular formula is C20H25ClN4O5S. The molecule has 11 heteroatoms. The van der Waals surface area contributed by atoms with Crippen molar-refractivity contribution >= 4 is 44.8 Å². The van der Waals surface area contributed by atoms with Crippen molar-refractivity contribution in [3.05, 3.63) is 47.5 Å². The summed E-state index contributed by atoms with van der Waals surface area (Å²) in [4.78, 5) is 25.9. The number of hydrogen-bond donors (Lipinski definition) is 2. The molecule has 0 aliphatic rings. The number of hydrogen-bond acceptors (Lipinski definition) is 6. The summed E-state index contributed by atoms with van der Waals surface area (Å²) in [6, 6.07) is 11.1. The van der Waals surface area contributed by atoms with Gasteiger partial charge in [0.25, 0.3) is 0 Å². The number of halogens is 1. The van der Waals surface area contributed by atoms with E-state index in [4.69, 9.17) is 16.3 Å². The van der Waals surface area contributed by atoms with Crippen LogP contribution in [0.15, 0.2) is 47.4 Å². The van der Waals surface area contributed by atoms with E-state index in [2.05, 4.69) is 10.6 Å². The van der Waals surface area contributed by atoms with Crippen molar-refractivity contribution in [3.63, 3.8) is 0 Å². The van der Waals surface area contributed by atoms with Gasteiger partial charge in [0, 0.05) is 25.5 Å². The number of nitrogens with one attached hydrogen (secondary N) is 2. The highest BCUT2D eigenvalue weighted by molar-refractivity contribution is 7.89. The minimum atomic E-state index is -3.76. The smallest absolute Gasteiger partial charge is 0.244 e. The van der Waals surface area contributed by atoms with Gasteiger partial charge in [-0.3, -0.25) is 14.5 Å². The van der Waals surface area contributed by atoms with Gasteiger partial charge in [-0.15, -0.1) is 0 Å². The molecule has 0 saturated carbocycles. The molecule has 0 unspecified atom stereocenters. The van der Waals surface area contributed by atoms with Crippen molar-refractivity contribution in [2.24, 2.45) is 0 Å². The molecule has 9 nitrogen and oxygen atoms in total. The highest BCUT2D eigenvalue weighted by atomic mass is 35.5. The Morgan fingerprint density at radius 3 is 1.97 bits per heavy atom. The Bertz CT molecular complexity index is 1040. The largest absolute Gasteiger partial charge is 0.497 e. The Kier molecular flexibility index (Phi) is 8.40. The number of nitrogens with zero attached hydrogens (tertiary/aromatic N) is 2. The van der Waals surface area contributed by atoms with E-state index in [1.807, 2.05) is 0 Å². The van der Waals surface area contributed by atoms with Crippen molar-refractivity contribution in [3.8, 4) is 5.75 Å². The molecule has 0 aliphatic carbocycles. The summed E-state index contributed by atoms with van der Waals surface area (Å²) >= 11 is 6.01. The van der Waals surface area contributed by atoms with Gasteiger partial charge in [-0.25, -0.2) is 12.7 Å². The van der Waals surface area contributed by atoms with Gasteiger partial charge in [-0.1, -0.05) is 11.6 Å². The van der Waals surface area contributed by atoms with Gasteiger partial charge in [0.15, 0.2) is 0 Å². The van der Waals surface area contributed by atoms with Crippen molar-refractivity contribution < 1.29 is 22.7 Å². The third-order valence-electron chi connectivity index (χ3n) is 4.17. The first-order valence-corrected chi connectivity index (χ1v) is 11.0. The van der Waals surface area contributed by atoms with Gasteiger partial charge in [0.2, 0.25) is 21.8 Å². The second-order valence-corrected chi connectivity index (χ2v) is 9.46. The SMILES string of the molecule is COc1ccc(NC(=O)CN(C)CC(=O)Nc2ccc(Cl)c(S(=O)(=O)N(C)C)c2)cc1. The number of amides is 2. The Hall–Kier alpha value is -2.66. The average molecular weight is 469 g/mol.